The summed E-state index contributed by atoms with van der Waals surface area (Å²) in [4.78, 5) is 21.3. The van der Waals surface area contributed by atoms with Gasteiger partial charge in [-0.05, 0) is 6.08 Å². The highest BCUT2D eigenvalue weighted by Gasteiger charge is 2.31. The van der Waals surface area contributed by atoms with Crippen LogP contribution in [0.15, 0.2) is 35.6 Å². The van der Waals surface area contributed by atoms with Crippen LogP contribution in [0.5, 0.6) is 0 Å². The summed E-state index contributed by atoms with van der Waals surface area (Å²) in [6.45, 7) is 0. The summed E-state index contributed by atoms with van der Waals surface area (Å²) < 4.78 is 0. The lowest BCUT2D eigenvalue weighted by Crippen LogP contribution is -2.30. The van der Waals surface area contributed by atoms with Crippen molar-refractivity contribution in [2.75, 3.05) is 0 Å². The number of carbonyl (C=O) groups is 2. The van der Waals surface area contributed by atoms with Gasteiger partial charge in [-0.2, -0.15) is 0 Å². The molecule has 1 heterocycles. The third-order valence-electron chi connectivity index (χ3n) is 2.41. The fourth-order valence-electron chi connectivity index (χ4n) is 1.72. The van der Waals surface area contributed by atoms with Gasteiger partial charge >= 0.3 is 5.97 Å². The van der Waals surface area contributed by atoms with Crippen LogP contribution in [0.3, 0.4) is 0 Å². The molecule has 0 radical (unpaired) electrons. The number of hydrogen-bond acceptors (Lipinski definition) is 3. The van der Waals surface area contributed by atoms with Crippen molar-refractivity contribution < 1.29 is 14.7 Å². The number of carboxylic acid groups (broad SMARTS) is 1. The van der Waals surface area contributed by atoms with Crippen LogP contribution in [0.1, 0.15) is 0 Å². The Bertz CT molecular complexity index is 379. The van der Waals surface area contributed by atoms with E-state index in [-0.39, 0.29) is 17.7 Å². The second-order valence-corrected chi connectivity index (χ2v) is 3.25. The predicted molar refractivity (Wildman–Crippen MR) is 49.4 cm³/mol. The number of carboxylic acids is 1. The molecule has 4 nitrogen and oxygen atoms in total. The fraction of sp³-hybridized carbons (Fsp3) is 0.200. The minimum atomic E-state index is -0.988. The molecule has 0 saturated heterocycles. The van der Waals surface area contributed by atoms with E-state index in [1.165, 1.54) is 0 Å². The standard InChI is InChI=1S/C10H9NO3/c12-5-6-2-1-3-8-7(6)4-9(11-8)10(13)14/h1-5,7-8,11H,(H,13,14). The highest BCUT2D eigenvalue weighted by Crippen LogP contribution is 2.27. The zero-order valence-electron chi connectivity index (χ0n) is 7.31. The first kappa shape index (κ1) is 8.74. The van der Waals surface area contributed by atoms with Crippen LogP contribution in [0.2, 0.25) is 0 Å². The molecule has 2 unspecified atom stereocenters. The van der Waals surface area contributed by atoms with Crippen molar-refractivity contribution in [3.63, 3.8) is 0 Å². The molecule has 72 valence electrons. The first-order valence-corrected chi connectivity index (χ1v) is 4.27. The van der Waals surface area contributed by atoms with E-state index < -0.39 is 5.97 Å². The van der Waals surface area contributed by atoms with Gasteiger partial charge in [-0.25, -0.2) is 4.79 Å². The second kappa shape index (κ2) is 3.14. The van der Waals surface area contributed by atoms with E-state index in [9.17, 15) is 9.59 Å². The minimum absolute atomic E-state index is 0.0914. The quantitative estimate of drug-likeness (QED) is 0.613. The molecule has 0 spiro atoms. The molecular formula is C10H9NO3. The molecule has 1 aliphatic heterocycles. The molecule has 2 rings (SSSR count). The maximum atomic E-state index is 10.7. The van der Waals surface area contributed by atoms with Crippen LogP contribution in [-0.4, -0.2) is 23.4 Å². The topological polar surface area (TPSA) is 66.4 Å². The summed E-state index contributed by atoms with van der Waals surface area (Å²) in [7, 11) is 0. The summed E-state index contributed by atoms with van der Waals surface area (Å²) in [6, 6.07) is -0.0914. The summed E-state index contributed by atoms with van der Waals surface area (Å²) in [5, 5.41) is 11.6. The molecule has 0 bridgehead atoms. The first-order chi connectivity index (χ1) is 6.72. The van der Waals surface area contributed by atoms with Crippen LogP contribution >= 0.6 is 0 Å². The monoisotopic (exact) mass is 191 g/mol. The van der Waals surface area contributed by atoms with E-state index >= 15 is 0 Å². The van der Waals surface area contributed by atoms with Gasteiger partial charge in [0, 0.05) is 11.5 Å². The number of fused-ring (bicyclic) bond motifs is 1. The number of nitrogens with one attached hydrogen (secondary N) is 1. The number of allylic oxidation sites excluding steroid dienone is 2. The predicted octanol–water partition coefficient (Wildman–Crippen LogP) is 0.238. The molecule has 14 heavy (non-hydrogen) atoms. The van der Waals surface area contributed by atoms with E-state index in [1.54, 1.807) is 18.2 Å². The van der Waals surface area contributed by atoms with E-state index in [2.05, 4.69) is 5.32 Å². The van der Waals surface area contributed by atoms with Gasteiger partial charge in [-0.15, -0.1) is 0 Å². The van der Waals surface area contributed by atoms with Crippen LogP contribution in [0, 0.1) is 5.92 Å². The lowest BCUT2D eigenvalue weighted by atomic mass is 9.90. The molecular weight excluding hydrogens is 182 g/mol. The van der Waals surface area contributed by atoms with Gasteiger partial charge in [0.25, 0.3) is 0 Å². The smallest absolute Gasteiger partial charge is 0.351 e. The van der Waals surface area contributed by atoms with E-state index in [4.69, 9.17) is 5.11 Å². The summed E-state index contributed by atoms with van der Waals surface area (Å²) in [5.74, 6) is -1.12. The van der Waals surface area contributed by atoms with Crippen molar-refractivity contribution in [3.8, 4) is 0 Å². The van der Waals surface area contributed by atoms with Crippen molar-refractivity contribution in [1.29, 1.82) is 0 Å². The average molecular weight is 191 g/mol. The Morgan fingerprint density at radius 2 is 2.36 bits per heavy atom. The van der Waals surface area contributed by atoms with Crippen molar-refractivity contribution in [3.05, 3.63) is 35.6 Å². The first-order valence-electron chi connectivity index (χ1n) is 4.27. The lowest BCUT2D eigenvalue weighted by Gasteiger charge is -2.18. The largest absolute Gasteiger partial charge is 0.477 e. The summed E-state index contributed by atoms with van der Waals surface area (Å²) in [5.41, 5.74) is 0.778. The zero-order chi connectivity index (χ0) is 10.1. The number of rotatable bonds is 2. The number of hydrogen-bond donors (Lipinski definition) is 2. The zero-order valence-corrected chi connectivity index (χ0v) is 7.31. The van der Waals surface area contributed by atoms with Gasteiger partial charge in [0.15, 0.2) is 0 Å². The molecule has 0 aromatic rings. The van der Waals surface area contributed by atoms with Gasteiger partial charge in [-0.1, -0.05) is 18.2 Å². The maximum Gasteiger partial charge on any atom is 0.351 e. The average Bonchev–Trinajstić information content (AvgIpc) is 2.60. The van der Waals surface area contributed by atoms with Crippen LogP contribution in [-0.2, 0) is 9.59 Å². The fourth-order valence-corrected chi connectivity index (χ4v) is 1.72. The molecule has 2 aliphatic rings. The molecule has 4 heteroatoms. The van der Waals surface area contributed by atoms with Crippen molar-refractivity contribution >= 4 is 12.3 Å². The summed E-state index contributed by atoms with van der Waals surface area (Å²) in [6.07, 6.45) is 7.67. The molecule has 0 aromatic carbocycles. The van der Waals surface area contributed by atoms with E-state index in [1.807, 2.05) is 6.08 Å². The Labute approximate surface area is 80.6 Å². The summed E-state index contributed by atoms with van der Waals surface area (Å²) >= 11 is 0. The molecule has 0 saturated carbocycles. The van der Waals surface area contributed by atoms with Crippen molar-refractivity contribution in [1.82, 2.24) is 5.32 Å². The van der Waals surface area contributed by atoms with Gasteiger partial charge in [0.05, 0.1) is 6.04 Å². The SMILES string of the molecule is O=CC1=CC=CC2NC(C(=O)O)=CC12. The Morgan fingerprint density at radius 3 is 3.00 bits per heavy atom. The lowest BCUT2D eigenvalue weighted by molar-refractivity contribution is -0.133. The Kier molecular flexibility index (Phi) is 1.96. The molecule has 2 atom stereocenters. The van der Waals surface area contributed by atoms with E-state index in [0.29, 0.717) is 5.57 Å². The second-order valence-electron chi connectivity index (χ2n) is 3.25. The highest BCUT2D eigenvalue weighted by molar-refractivity contribution is 5.88. The third-order valence-corrected chi connectivity index (χ3v) is 2.41. The van der Waals surface area contributed by atoms with E-state index in [0.717, 1.165) is 6.29 Å². The van der Waals surface area contributed by atoms with Crippen LogP contribution in [0.4, 0.5) is 0 Å². The van der Waals surface area contributed by atoms with Gasteiger partial charge in [0.1, 0.15) is 12.0 Å². The number of aldehydes is 1. The molecule has 1 aliphatic carbocycles. The Balaban J connectivity index is 2.30. The Morgan fingerprint density at radius 1 is 1.57 bits per heavy atom. The third kappa shape index (κ3) is 1.25. The minimum Gasteiger partial charge on any atom is -0.477 e. The Hall–Kier alpha value is -1.84. The maximum absolute atomic E-state index is 10.7. The van der Waals surface area contributed by atoms with Crippen molar-refractivity contribution in [2.45, 2.75) is 6.04 Å². The van der Waals surface area contributed by atoms with Crippen molar-refractivity contribution in [2.24, 2.45) is 5.92 Å². The normalized spacial score (nSPS) is 28.6. The highest BCUT2D eigenvalue weighted by atomic mass is 16.4. The van der Waals surface area contributed by atoms with Gasteiger partial charge in [0.2, 0.25) is 0 Å². The molecule has 0 amide bonds. The molecule has 0 fully saturated rings. The number of aliphatic carboxylic acids is 1. The molecule has 0 aromatic heterocycles. The van der Waals surface area contributed by atoms with Crippen LogP contribution < -0.4 is 5.32 Å². The molecule has 2 N–H and O–H groups in total. The van der Waals surface area contributed by atoms with Gasteiger partial charge in [-0.3, -0.25) is 4.79 Å². The number of carbonyl (C=O) groups excluding carboxylic acids is 1. The van der Waals surface area contributed by atoms with Crippen LogP contribution in [0.25, 0.3) is 0 Å². The van der Waals surface area contributed by atoms with Gasteiger partial charge < -0.3 is 10.4 Å².